The van der Waals surface area contributed by atoms with Crippen LogP contribution in [-0.2, 0) is 4.79 Å². The van der Waals surface area contributed by atoms with E-state index in [1.165, 1.54) is 24.3 Å². The summed E-state index contributed by atoms with van der Waals surface area (Å²) >= 11 is 1.98. The van der Waals surface area contributed by atoms with Gasteiger partial charge in [-0.2, -0.15) is 11.8 Å². The van der Waals surface area contributed by atoms with E-state index in [2.05, 4.69) is 5.32 Å². The molecule has 0 aliphatic carbocycles. The van der Waals surface area contributed by atoms with Crippen LogP contribution in [0.5, 0.6) is 0 Å². The van der Waals surface area contributed by atoms with Gasteiger partial charge in [0.25, 0.3) is 0 Å². The number of rotatable bonds is 4. The summed E-state index contributed by atoms with van der Waals surface area (Å²) in [5.41, 5.74) is 0. The molecular weight excluding hydrogens is 198 g/mol. The lowest BCUT2D eigenvalue weighted by atomic mass is 10.0. The molecule has 1 fully saturated rings. The summed E-state index contributed by atoms with van der Waals surface area (Å²) in [4.78, 5) is 10.7. The van der Waals surface area contributed by atoms with Crippen LogP contribution in [0, 0.1) is 5.92 Å². The minimum atomic E-state index is -0.713. The van der Waals surface area contributed by atoms with Gasteiger partial charge in [0.2, 0.25) is 0 Å². The Kier molecular flexibility index (Phi) is 4.75. The van der Waals surface area contributed by atoms with Gasteiger partial charge in [-0.1, -0.05) is 6.92 Å². The van der Waals surface area contributed by atoms with Crippen LogP contribution < -0.4 is 5.32 Å². The second-order valence-corrected chi connectivity index (χ2v) is 5.19. The fourth-order valence-electron chi connectivity index (χ4n) is 1.59. The van der Waals surface area contributed by atoms with Crippen molar-refractivity contribution < 1.29 is 9.90 Å². The van der Waals surface area contributed by atoms with E-state index >= 15 is 0 Å². The SMILES string of the molecule is CC(NC1CCSCC1)C(C)C(=O)O. The topological polar surface area (TPSA) is 49.3 Å². The fourth-order valence-corrected chi connectivity index (χ4v) is 2.70. The summed E-state index contributed by atoms with van der Waals surface area (Å²) in [6, 6.07) is 0.591. The normalized spacial score (nSPS) is 23.0. The van der Waals surface area contributed by atoms with Crippen molar-refractivity contribution in [2.24, 2.45) is 5.92 Å². The van der Waals surface area contributed by atoms with Crippen LogP contribution in [-0.4, -0.2) is 34.7 Å². The minimum absolute atomic E-state index is 0.0700. The second-order valence-electron chi connectivity index (χ2n) is 3.97. The second kappa shape index (κ2) is 5.61. The van der Waals surface area contributed by atoms with Crippen LogP contribution in [0.3, 0.4) is 0 Å². The highest BCUT2D eigenvalue weighted by Crippen LogP contribution is 2.18. The van der Waals surface area contributed by atoms with E-state index in [0.717, 1.165) is 0 Å². The van der Waals surface area contributed by atoms with Crippen molar-refractivity contribution in [1.29, 1.82) is 0 Å². The molecule has 2 unspecified atom stereocenters. The van der Waals surface area contributed by atoms with Crippen molar-refractivity contribution in [3.63, 3.8) is 0 Å². The molecule has 82 valence electrons. The minimum Gasteiger partial charge on any atom is -0.481 e. The standard InChI is InChI=1S/C10H19NO2S/c1-7(10(12)13)8(2)11-9-3-5-14-6-4-9/h7-9,11H,3-6H2,1-2H3,(H,12,13). The third kappa shape index (κ3) is 3.50. The van der Waals surface area contributed by atoms with Crippen molar-refractivity contribution >= 4 is 17.7 Å². The zero-order valence-electron chi connectivity index (χ0n) is 8.82. The number of hydrogen-bond donors (Lipinski definition) is 2. The number of carboxylic acid groups (broad SMARTS) is 1. The van der Waals surface area contributed by atoms with Gasteiger partial charge in [0.05, 0.1) is 5.92 Å². The molecule has 0 radical (unpaired) electrons. The molecule has 1 aliphatic rings. The molecule has 1 heterocycles. The molecule has 4 heteroatoms. The van der Waals surface area contributed by atoms with E-state index in [1.54, 1.807) is 6.92 Å². The summed E-state index contributed by atoms with van der Waals surface area (Å²) in [6.45, 7) is 3.72. The van der Waals surface area contributed by atoms with Crippen molar-refractivity contribution in [3.05, 3.63) is 0 Å². The molecule has 0 bridgehead atoms. The third-order valence-electron chi connectivity index (χ3n) is 2.86. The number of hydrogen-bond acceptors (Lipinski definition) is 3. The molecule has 0 spiro atoms. The van der Waals surface area contributed by atoms with Crippen LogP contribution in [0.2, 0.25) is 0 Å². The monoisotopic (exact) mass is 217 g/mol. The maximum atomic E-state index is 10.7. The van der Waals surface area contributed by atoms with Crippen molar-refractivity contribution in [2.75, 3.05) is 11.5 Å². The number of aliphatic carboxylic acids is 1. The summed E-state index contributed by atoms with van der Waals surface area (Å²) < 4.78 is 0. The van der Waals surface area contributed by atoms with E-state index < -0.39 is 5.97 Å². The van der Waals surface area contributed by atoms with E-state index in [1.807, 2.05) is 18.7 Å². The zero-order chi connectivity index (χ0) is 10.6. The molecule has 0 amide bonds. The van der Waals surface area contributed by atoms with Gasteiger partial charge >= 0.3 is 5.97 Å². The number of carbonyl (C=O) groups is 1. The molecule has 1 rings (SSSR count). The highest BCUT2D eigenvalue weighted by Gasteiger charge is 2.22. The third-order valence-corrected chi connectivity index (χ3v) is 3.91. The first-order valence-corrected chi connectivity index (χ1v) is 6.33. The Hall–Kier alpha value is -0.220. The fraction of sp³-hybridized carbons (Fsp3) is 0.900. The maximum absolute atomic E-state index is 10.7. The van der Waals surface area contributed by atoms with Crippen LogP contribution >= 0.6 is 11.8 Å². The first kappa shape index (κ1) is 11.9. The van der Waals surface area contributed by atoms with Crippen LogP contribution in [0.1, 0.15) is 26.7 Å². The summed E-state index contributed by atoms with van der Waals surface area (Å²) in [5.74, 6) is 1.39. The first-order valence-electron chi connectivity index (χ1n) is 5.18. The van der Waals surface area contributed by atoms with E-state index in [9.17, 15) is 4.79 Å². The first-order chi connectivity index (χ1) is 6.61. The molecule has 2 N–H and O–H groups in total. The molecule has 0 aromatic rings. The molecule has 1 aliphatic heterocycles. The molecule has 3 nitrogen and oxygen atoms in total. The Morgan fingerprint density at radius 2 is 2.00 bits per heavy atom. The van der Waals surface area contributed by atoms with Gasteiger partial charge in [-0.25, -0.2) is 0 Å². The van der Waals surface area contributed by atoms with Crippen molar-refractivity contribution in [2.45, 2.75) is 38.8 Å². The molecule has 0 aromatic heterocycles. The lowest BCUT2D eigenvalue weighted by Crippen LogP contribution is -2.44. The van der Waals surface area contributed by atoms with Crippen molar-refractivity contribution in [1.82, 2.24) is 5.32 Å². The highest BCUT2D eigenvalue weighted by molar-refractivity contribution is 7.99. The Labute approximate surface area is 89.6 Å². The van der Waals surface area contributed by atoms with Gasteiger partial charge in [0.15, 0.2) is 0 Å². The van der Waals surface area contributed by atoms with Crippen LogP contribution in [0.4, 0.5) is 0 Å². The highest BCUT2D eigenvalue weighted by atomic mass is 32.2. The van der Waals surface area contributed by atoms with Gasteiger partial charge in [0, 0.05) is 12.1 Å². The molecule has 0 aromatic carbocycles. The van der Waals surface area contributed by atoms with Crippen molar-refractivity contribution in [3.8, 4) is 0 Å². The molecule has 14 heavy (non-hydrogen) atoms. The van der Waals surface area contributed by atoms with Crippen LogP contribution in [0.25, 0.3) is 0 Å². The molecule has 2 atom stereocenters. The summed E-state index contributed by atoms with van der Waals surface area (Å²) in [6.07, 6.45) is 2.34. The molecule has 0 saturated carbocycles. The molecular formula is C10H19NO2S. The zero-order valence-corrected chi connectivity index (χ0v) is 9.64. The van der Waals surface area contributed by atoms with Gasteiger partial charge in [-0.05, 0) is 31.3 Å². The quantitative estimate of drug-likeness (QED) is 0.750. The predicted octanol–water partition coefficient (Wildman–Crippen LogP) is 1.58. The molecule has 1 saturated heterocycles. The summed E-state index contributed by atoms with van der Waals surface area (Å²) in [7, 11) is 0. The van der Waals surface area contributed by atoms with E-state index in [-0.39, 0.29) is 12.0 Å². The van der Waals surface area contributed by atoms with Crippen LogP contribution in [0.15, 0.2) is 0 Å². The van der Waals surface area contributed by atoms with Gasteiger partial charge in [-0.15, -0.1) is 0 Å². The number of carboxylic acids is 1. The van der Waals surface area contributed by atoms with E-state index in [4.69, 9.17) is 5.11 Å². The average molecular weight is 217 g/mol. The number of nitrogens with one attached hydrogen (secondary N) is 1. The van der Waals surface area contributed by atoms with E-state index in [0.29, 0.717) is 6.04 Å². The Bertz CT molecular complexity index is 193. The predicted molar refractivity (Wildman–Crippen MR) is 59.7 cm³/mol. The summed E-state index contributed by atoms with van der Waals surface area (Å²) in [5, 5.41) is 12.2. The largest absolute Gasteiger partial charge is 0.481 e. The lowest BCUT2D eigenvalue weighted by Gasteiger charge is -2.28. The maximum Gasteiger partial charge on any atom is 0.307 e. The van der Waals surface area contributed by atoms with Gasteiger partial charge in [-0.3, -0.25) is 4.79 Å². The van der Waals surface area contributed by atoms with Gasteiger partial charge < -0.3 is 10.4 Å². The van der Waals surface area contributed by atoms with Gasteiger partial charge in [0.1, 0.15) is 0 Å². The number of thioether (sulfide) groups is 1. The Balaban J connectivity index is 2.31. The Morgan fingerprint density at radius 1 is 1.43 bits per heavy atom. The Morgan fingerprint density at radius 3 is 2.50 bits per heavy atom. The smallest absolute Gasteiger partial charge is 0.307 e. The lowest BCUT2D eigenvalue weighted by molar-refractivity contribution is -0.142. The average Bonchev–Trinajstić information content (AvgIpc) is 2.18.